The second-order valence-corrected chi connectivity index (χ2v) is 5.86. The number of hydrogen-bond acceptors (Lipinski definition) is 2. The quantitative estimate of drug-likeness (QED) is 0.519. The Bertz CT molecular complexity index is 476. The zero-order chi connectivity index (χ0) is 13.2. The van der Waals surface area contributed by atoms with Crippen LogP contribution in [0.5, 0.6) is 0 Å². The average molecular weight is 308 g/mol. The first-order valence-electron chi connectivity index (χ1n) is 6.07. The van der Waals surface area contributed by atoms with E-state index in [-0.39, 0.29) is 5.41 Å². The van der Waals surface area contributed by atoms with Gasteiger partial charge in [0.1, 0.15) is 5.84 Å². The predicted octanol–water partition coefficient (Wildman–Crippen LogP) is 3.35. The van der Waals surface area contributed by atoms with E-state index in [0.29, 0.717) is 5.92 Å². The molecule has 96 valence electrons. The highest BCUT2D eigenvalue weighted by Gasteiger charge is 2.47. The number of hydrazone groups is 1. The molecule has 0 aromatic heterocycles. The Labute approximate surface area is 117 Å². The monoisotopic (exact) mass is 307 g/mol. The topological polar surface area (TPSA) is 36.8 Å². The van der Waals surface area contributed by atoms with Crippen LogP contribution < -0.4 is 5.43 Å². The molecule has 0 radical (unpaired) electrons. The average Bonchev–Trinajstić information content (AvgIpc) is 2.32. The fourth-order valence-electron chi connectivity index (χ4n) is 2.93. The van der Waals surface area contributed by atoms with E-state index in [0.717, 1.165) is 23.1 Å². The van der Waals surface area contributed by atoms with E-state index >= 15 is 0 Å². The third-order valence-electron chi connectivity index (χ3n) is 3.63. The van der Waals surface area contributed by atoms with Gasteiger partial charge < -0.3 is 0 Å². The van der Waals surface area contributed by atoms with Gasteiger partial charge in [-0.2, -0.15) is 5.10 Å². The first kappa shape index (κ1) is 13.3. The van der Waals surface area contributed by atoms with E-state index in [1.807, 2.05) is 6.07 Å². The normalized spacial score (nSPS) is 27.5. The van der Waals surface area contributed by atoms with Gasteiger partial charge in [0.2, 0.25) is 0 Å². The van der Waals surface area contributed by atoms with Gasteiger partial charge in [-0.3, -0.25) is 10.4 Å². The number of benzene rings is 1. The molecule has 0 bridgehead atoms. The molecule has 3 nitrogen and oxygen atoms in total. The van der Waals surface area contributed by atoms with Gasteiger partial charge in [-0.1, -0.05) is 35.0 Å². The molecule has 0 heterocycles. The second-order valence-electron chi connectivity index (χ2n) is 4.95. The van der Waals surface area contributed by atoms with Crippen LogP contribution in [0.3, 0.4) is 0 Å². The minimum absolute atomic E-state index is 0.0286. The van der Waals surface area contributed by atoms with Crippen molar-refractivity contribution in [1.82, 2.24) is 5.43 Å². The SMILES string of the molecule is C=NNC(=NC)C1(c2cccc(Br)c2)CC(C)C1. The molecular weight excluding hydrogens is 290 g/mol. The molecule has 2 rings (SSSR count). The molecule has 1 N–H and O–H groups in total. The van der Waals surface area contributed by atoms with Crippen LogP contribution in [0.1, 0.15) is 25.3 Å². The molecule has 1 aromatic carbocycles. The predicted molar refractivity (Wildman–Crippen MR) is 80.3 cm³/mol. The molecule has 1 aromatic rings. The maximum Gasteiger partial charge on any atom is 0.127 e. The Morgan fingerprint density at radius 2 is 2.22 bits per heavy atom. The highest BCUT2D eigenvalue weighted by Crippen LogP contribution is 2.48. The summed E-state index contributed by atoms with van der Waals surface area (Å²) in [4.78, 5) is 4.37. The lowest BCUT2D eigenvalue weighted by atomic mass is 9.58. The van der Waals surface area contributed by atoms with Crippen LogP contribution in [0.2, 0.25) is 0 Å². The summed E-state index contributed by atoms with van der Waals surface area (Å²) in [5.41, 5.74) is 4.22. The largest absolute Gasteiger partial charge is 0.274 e. The molecule has 0 aliphatic heterocycles. The number of hydrogen-bond donors (Lipinski definition) is 1. The molecule has 0 atom stereocenters. The lowest BCUT2D eigenvalue weighted by molar-refractivity contribution is 0.224. The summed E-state index contributed by atoms with van der Waals surface area (Å²) in [5, 5.41) is 3.79. The standard InChI is InChI=1S/C14H18BrN3/c1-10-8-14(9-10,13(16-2)18-17-3)11-5-4-6-12(15)7-11/h4-7,10H,3,8-9H2,1-2H3,(H,16,18). The van der Waals surface area contributed by atoms with Gasteiger partial charge in [-0.25, -0.2) is 0 Å². The van der Waals surface area contributed by atoms with Crippen LogP contribution in [-0.4, -0.2) is 19.6 Å². The summed E-state index contributed by atoms with van der Waals surface area (Å²) in [6.45, 7) is 5.77. The van der Waals surface area contributed by atoms with E-state index in [4.69, 9.17) is 0 Å². The maximum absolute atomic E-state index is 4.37. The summed E-state index contributed by atoms with van der Waals surface area (Å²) >= 11 is 3.54. The van der Waals surface area contributed by atoms with Crippen molar-refractivity contribution in [3.05, 3.63) is 34.3 Å². The van der Waals surface area contributed by atoms with Crippen molar-refractivity contribution in [1.29, 1.82) is 0 Å². The molecule has 1 fully saturated rings. The fraction of sp³-hybridized carbons (Fsp3) is 0.429. The van der Waals surface area contributed by atoms with Gasteiger partial charge in [-0.05, 0) is 36.5 Å². The van der Waals surface area contributed by atoms with Crippen molar-refractivity contribution < 1.29 is 0 Å². The number of rotatable bonds is 3. The van der Waals surface area contributed by atoms with Crippen LogP contribution >= 0.6 is 15.9 Å². The molecule has 18 heavy (non-hydrogen) atoms. The number of nitrogens with one attached hydrogen (secondary N) is 1. The van der Waals surface area contributed by atoms with Crippen LogP contribution in [0.4, 0.5) is 0 Å². The molecule has 0 amide bonds. The molecule has 0 unspecified atom stereocenters. The Morgan fingerprint density at radius 1 is 1.50 bits per heavy atom. The molecule has 1 saturated carbocycles. The van der Waals surface area contributed by atoms with E-state index < -0.39 is 0 Å². The molecule has 0 spiro atoms. The lowest BCUT2D eigenvalue weighted by Gasteiger charge is -2.47. The summed E-state index contributed by atoms with van der Waals surface area (Å²) in [5.74, 6) is 1.63. The maximum atomic E-state index is 4.37. The van der Waals surface area contributed by atoms with Gasteiger partial charge in [0.05, 0.1) is 5.41 Å². The molecule has 4 heteroatoms. The summed E-state index contributed by atoms with van der Waals surface area (Å²) < 4.78 is 1.10. The van der Waals surface area contributed by atoms with Crippen molar-refractivity contribution in [2.75, 3.05) is 7.05 Å². The lowest BCUT2D eigenvalue weighted by Crippen LogP contribution is -2.51. The molecular formula is C14H18BrN3. The number of aliphatic imine (C=N–C) groups is 1. The van der Waals surface area contributed by atoms with Gasteiger partial charge >= 0.3 is 0 Å². The van der Waals surface area contributed by atoms with E-state index in [1.54, 1.807) is 7.05 Å². The van der Waals surface area contributed by atoms with E-state index in [1.165, 1.54) is 5.56 Å². The Kier molecular flexibility index (Phi) is 3.85. The highest BCUT2D eigenvalue weighted by atomic mass is 79.9. The summed E-state index contributed by atoms with van der Waals surface area (Å²) in [7, 11) is 1.80. The first-order chi connectivity index (χ1) is 8.62. The minimum atomic E-state index is -0.0286. The smallest absolute Gasteiger partial charge is 0.127 e. The third kappa shape index (κ3) is 2.21. The van der Waals surface area contributed by atoms with Crippen LogP contribution in [0.25, 0.3) is 0 Å². The summed E-state index contributed by atoms with van der Waals surface area (Å²) in [6, 6.07) is 8.44. The van der Waals surface area contributed by atoms with Gasteiger partial charge in [0.15, 0.2) is 0 Å². The van der Waals surface area contributed by atoms with Gasteiger partial charge in [0.25, 0.3) is 0 Å². The highest BCUT2D eigenvalue weighted by molar-refractivity contribution is 9.10. The fourth-order valence-corrected chi connectivity index (χ4v) is 3.33. The third-order valence-corrected chi connectivity index (χ3v) is 4.13. The Balaban J connectivity index is 2.42. The molecule has 0 saturated heterocycles. The molecule has 1 aliphatic rings. The van der Waals surface area contributed by atoms with Crippen molar-refractivity contribution in [3.8, 4) is 0 Å². The number of nitrogens with zero attached hydrogens (tertiary/aromatic N) is 2. The Hall–Kier alpha value is -1.16. The van der Waals surface area contributed by atoms with Crippen LogP contribution in [0, 0.1) is 5.92 Å². The van der Waals surface area contributed by atoms with Crippen molar-refractivity contribution in [2.45, 2.75) is 25.2 Å². The Morgan fingerprint density at radius 3 is 2.72 bits per heavy atom. The minimum Gasteiger partial charge on any atom is -0.274 e. The van der Waals surface area contributed by atoms with Crippen LogP contribution in [-0.2, 0) is 5.41 Å². The summed E-state index contributed by atoms with van der Waals surface area (Å²) in [6.07, 6.45) is 2.19. The first-order valence-corrected chi connectivity index (χ1v) is 6.86. The van der Waals surface area contributed by atoms with Crippen LogP contribution in [0.15, 0.2) is 38.8 Å². The number of halogens is 1. The van der Waals surface area contributed by atoms with Crippen molar-refractivity contribution in [2.24, 2.45) is 16.0 Å². The van der Waals surface area contributed by atoms with Crippen molar-refractivity contribution in [3.63, 3.8) is 0 Å². The van der Waals surface area contributed by atoms with E-state index in [2.05, 4.69) is 63.3 Å². The zero-order valence-corrected chi connectivity index (χ0v) is 12.4. The number of amidine groups is 1. The second kappa shape index (κ2) is 5.22. The molecule has 1 aliphatic carbocycles. The van der Waals surface area contributed by atoms with Crippen molar-refractivity contribution >= 4 is 28.5 Å². The van der Waals surface area contributed by atoms with E-state index in [9.17, 15) is 0 Å². The van der Waals surface area contributed by atoms with Gasteiger partial charge in [0, 0.05) is 18.2 Å². The zero-order valence-electron chi connectivity index (χ0n) is 10.8. The van der Waals surface area contributed by atoms with Gasteiger partial charge in [-0.15, -0.1) is 0 Å².